The van der Waals surface area contributed by atoms with Crippen molar-refractivity contribution in [3.05, 3.63) is 34.9 Å². The zero-order chi connectivity index (χ0) is 29.6. The largest absolute Gasteiger partial charge is 0.381 e. The maximum atomic E-state index is 13.6. The SMILES string of the molecule is CCCCCC(=O)NOC(CCCCOCCCCCCI)c1cccc2c1C(=O)N(C1CCC(=O)NC1=O)C2=O. The summed E-state index contributed by atoms with van der Waals surface area (Å²) in [6.45, 7) is 3.40. The number of benzene rings is 1. The van der Waals surface area contributed by atoms with Crippen molar-refractivity contribution in [2.24, 2.45) is 0 Å². The minimum atomic E-state index is -1.05. The molecule has 2 heterocycles. The highest BCUT2D eigenvalue weighted by atomic mass is 127. The molecule has 0 aromatic heterocycles. The first-order valence-corrected chi connectivity index (χ1v) is 16.3. The number of nitrogens with zero attached hydrogens (tertiary/aromatic N) is 1. The fourth-order valence-corrected chi connectivity index (χ4v) is 5.64. The van der Waals surface area contributed by atoms with E-state index in [0.717, 1.165) is 43.6 Å². The van der Waals surface area contributed by atoms with E-state index in [1.807, 2.05) is 0 Å². The molecule has 2 atom stereocenters. The third kappa shape index (κ3) is 9.57. The van der Waals surface area contributed by atoms with Crippen LogP contribution in [0.3, 0.4) is 0 Å². The van der Waals surface area contributed by atoms with Gasteiger partial charge in [0.2, 0.25) is 17.7 Å². The fraction of sp³-hybridized carbons (Fsp3) is 0.633. The number of nitrogens with one attached hydrogen (secondary N) is 2. The molecule has 0 saturated carbocycles. The topological polar surface area (TPSA) is 131 Å². The van der Waals surface area contributed by atoms with E-state index in [9.17, 15) is 24.0 Å². The summed E-state index contributed by atoms with van der Waals surface area (Å²) in [5.41, 5.74) is 3.40. The Hall–Kier alpha value is -2.38. The average Bonchev–Trinajstić information content (AvgIpc) is 3.21. The van der Waals surface area contributed by atoms with E-state index in [2.05, 4.69) is 40.3 Å². The summed E-state index contributed by atoms with van der Waals surface area (Å²) in [6, 6.07) is 3.90. The molecule has 1 fully saturated rings. The quantitative estimate of drug-likeness (QED) is 0.0695. The Kier molecular flexibility index (Phi) is 14.2. The van der Waals surface area contributed by atoms with Gasteiger partial charge in [-0.15, -0.1) is 0 Å². The zero-order valence-electron chi connectivity index (χ0n) is 23.9. The summed E-state index contributed by atoms with van der Waals surface area (Å²) in [4.78, 5) is 70.2. The lowest BCUT2D eigenvalue weighted by Gasteiger charge is -2.28. The van der Waals surface area contributed by atoms with Crippen LogP contribution in [-0.4, -0.2) is 58.1 Å². The van der Waals surface area contributed by atoms with E-state index in [0.29, 0.717) is 31.4 Å². The van der Waals surface area contributed by atoms with Gasteiger partial charge in [0.25, 0.3) is 11.8 Å². The van der Waals surface area contributed by atoms with Crippen LogP contribution in [0.4, 0.5) is 0 Å². The molecule has 5 amide bonds. The predicted octanol–water partition coefficient (Wildman–Crippen LogP) is 4.94. The van der Waals surface area contributed by atoms with Crippen molar-refractivity contribution < 1.29 is 33.5 Å². The molecular weight excluding hydrogens is 641 g/mol. The van der Waals surface area contributed by atoms with Gasteiger partial charge in [-0.05, 0) is 61.0 Å². The van der Waals surface area contributed by atoms with Gasteiger partial charge in [0.1, 0.15) is 12.1 Å². The van der Waals surface area contributed by atoms with Gasteiger partial charge in [0.15, 0.2) is 0 Å². The van der Waals surface area contributed by atoms with Crippen molar-refractivity contribution in [3.63, 3.8) is 0 Å². The van der Waals surface area contributed by atoms with Gasteiger partial charge < -0.3 is 4.74 Å². The number of amides is 5. The molecule has 0 aliphatic carbocycles. The highest BCUT2D eigenvalue weighted by molar-refractivity contribution is 14.1. The number of halogens is 1. The number of alkyl halides is 1. The van der Waals surface area contributed by atoms with E-state index >= 15 is 0 Å². The lowest BCUT2D eigenvalue weighted by Crippen LogP contribution is -2.54. The monoisotopic (exact) mass is 683 g/mol. The van der Waals surface area contributed by atoms with Crippen molar-refractivity contribution in [2.45, 2.75) is 103 Å². The van der Waals surface area contributed by atoms with Gasteiger partial charge in [0, 0.05) is 26.1 Å². The summed E-state index contributed by atoms with van der Waals surface area (Å²) in [7, 11) is 0. The smallest absolute Gasteiger partial charge is 0.262 e. The van der Waals surface area contributed by atoms with Gasteiger partial charge in [-0.3, -0.25) is 39.0 Å². The molecule has 2 N–H and O–H groups in total. The molecule has 0 spiro atoms. The molecule has 3 rings (SSSR count). The van der Waals surface area contributed by atoms with Crippen LogP contribution in [0.1, 0.15) is 123 Å². The van der Waals surface area contributed by atoms with Gasteiger partial charge in [-0.1, -0.05) is 67.3 Å². The summed E-state index contributed by atoms with van der Waals surface area (Å²) in [5, 5.41) is 2.22. The maximum absolute atomic E-state index is 13.6. The van der Waals surface area contributed by atoms with E-state index < -0.39 is 35.8 Å². The van der Waals surface area contributed by atoms with Gasteiger partial charge >= 0.3 is 0 Å². The highest BCUT2D eigenvalue weighted by Crippen LogP contribution is 2.35. The Bertz CT molecular complexity index is 1080. The Morgan fingerprint density at radius 2 is 1.78 bits per heavy atom. The van der Waals surface area contributed by atoms with Gasteiger partial charge in [-0.2, -0.15) is 0 Å². The van der Waals surface area contributed by atoms with Crippen molar-refractivity contribution in [1.29, 1.82) is 0 Å². The number of unbranched alkanes of at least 4 members (excludes halogenated alkanes) is 6. The number of fused-ring (bicyclic) bond motifs is 1. The van der Waals surface area contributed by atoms with Crippen molar-refractivity contribution in [1.82, 2.24) is 15.7 Å². The number of ether oxygens (including phenoxy) is 1. The van der Waals surface area contributed by atoms with Crippen LogP contribution < -0.4 is 10.8 Å². The van der Waals surface area contributed by atoms with E-state index in [-0.39, 0.29) is 29.9 Å². The maximum Gasteiger partial charge on any atom is 0.262 e. The molecular formula is C30H42IN3O7. The summed E-state index contributed by atoms with van der Waals surface area (Å²) >= 11 is 2.39. The minimum Gasteiger partial charge on any atom is -0.381 e. The number of carbonyl (C=O) groups excluding carboxylic acids is 5. The van der Waals surface area contributed by atoms with Gasteiger partial charge in [0.05, 0.1) is 11.1 Å². The van der Waals surface area contributed by atoms with E-state index in [1.165, 1.54) is 23.7 Å². The number of imide groups is 2. The second kappa shape index (κ2) is 17.5. The van der Waals surface area contributed by atoms with E-state index in [1.54, 1.807) is 18.2 Å². The molecule has 1 aromatic carbocycles. The van der Waals surface area contributed by atoms with Gasteiger partial charge in [-0.25, -0.2) is 5.48 Å². The summed E-state index contributed by atoms with van der Waals surface area (Å²) < 4.78 is 6.96. The van der Waals surface area contributed by atoms with E-state index in [4.69, 9.17) is 9.57 Å². The number of piperidine rings is 1. The van der Waals surface area contributed by atoms with Crippen molar-refractivity contribution in [3.8, 4) is 0 Å². The Balaban J connectivity index is 1.68. The molecule has 2 aliphatic rings. The molecule has 1 saturated heterocycles. The Morgan fingerprint density at radius 1 is 1.02 bits per heavy atom. The van der Waals surface area contributed by atoms with Crippen LogP contribution in [-0.2, 0) is 24.0 Å². The molecule has 2 aliphatic heterocycles. The van der Waals surface area contributed by atoms with Crippen LogP contribution >= 0.6 is 22.6 Å². The number of rotatable bonds is 19. The van der Waals surface area contributed by atoms with Crippen molar-refractivity contribution in [2.75, 3.05) is 17.6 Å². The lowest BCUT2D eigenvalue weighted by molar-refractivity contribution is -0.139. The van der Waals surface area contributed by atoms with Crippen LogP contribution in [0.2, 0.25) is 0 Å². The van der Waals surface area contributed by atoms with Crippen LogP contribution in [0.15, 0.2) is 18.2 Å². The second-order valence-electron chi connectivity index (χ2n) is 10.5. The number of hydrogen-bond donors (Lipinski definition) is 2. The first-order chi connectivity index (χ1) is 19.9. The highest BCUT2D eigenvalue weighted by Gasteiger charge is 2.46. The first kappa shape index (κ1) is 33.1. The zero-order valence-corrected chi connectivity index (χ0v) is 26.0. The molecule has 0 radical (unpaired) electrons. The number of hydroxylamine groups is 1. The lowest BCUT2D eigenvalue weighted by atomic mass is 9.95. The fourth-order valence-electron chi connectivity index (χ4n) is 5.10. The molecule has 11 heteroatoms. The third-order valence-electron chi connectivity index (χ3n) is 7.35. The van der Waals surface area contributed by atoms with Crippen molar-refractivity contribution >= 4 is 52.1 Å². The molecule has 2 unspecified atom stereocenters. The van der Waals surface area contributed by atoms with Crippen LogP contribution in [0.5, 0.6) is 0 Å². The summed E-state index contributed by atoms with van der Waals surface area (Å²) in [5.74, 6) is -2.49. The minimum absolute atomic E-state index is 0.0486. The molecule has 0 bridgehead atoms. The summed E-state index contributed by atoms with van der Waals surface area (Å²) in [6.07, 6.45) is 9.12. The molecule has 1 aromatic rings. The number of hydrogen-bond acceptors (Lipinski definition) is 7. The predicted molar refractivity (Wildman–Crippen MR) is 161 cm³/mol. The molecule has 226 valence electrons. The standard InChI is InChI=1S/C30H42IN3O7/c1-2-3-6-15-26(36)33-41-24(14-7-10-20-40-19-9-5-4-8-18-31)21-12-11-13-22-27(21)30(39)34(29(22)38)23-16-17-25(35)32-28(23)37/h11-13,23-24H,2-10,14-20H2,1H3,(H,33,36)(H,32,35,37). The first-order valence-electron chi connectivity index (χ1n) is 14.8. The Labute approximate surface area is 255 Å². The van der Waals surface area contributed by atoms with Crippen LogP contribution in [0.25, 0.3) is 0 Å². The normalized spacial score (nSPS) is 17.5. The average molecular weight is 684 g/mol. The number of carbonyl (C=O) groups is 5. The Morgan fingerprint density at radius 3 is 2.51 bits per heavy atom. The third-order valence-corrected chi connectivity index (χ3v) is 8.11. The molecule has 10 nitrogen and oxygen atoms in total. The van der Waals surface area contributed by atoms with Crippen LogP contribution in [0, 0.1) is 0 Å². The molecule has 41 heavy (non-hydrogen) atoms. The second-order valence-corrected chi connectivity index (χ2v) is 11.6.